The van der Waals surface area contributed by atoms with E-state index < -0.39 is 10.7 Å². The molecule has 0 bridgehead atoms. The molecule has 0 aliphatic heterocycles. The summed E-state index contributed by atoms with van der Waals surface area (Å²) in [5, 5.41) is 19.5. The summed E-state index contributed by atoms with van der Waals surface area (Å²) in [4.78, 5) is 22.5. The number of aromatic nitrogens is 3. The third-order valence-corrected chi connectivity index (χ3v) is 5.48. The van der Waals surface area contributed by atoms with Gasteiger partial charge in [-0.05, 0) is 30.2 Å². The summed E-state index contributed by atoms with van der Waals surface area (Å²) in [6.07, 6.45) is 1.13. The van der Waals surface area contributed by atoms with E-state index in [0.717, 1.165) is 11.3 Å². The number of fused-ring (bicyclic) bond motifs is 1. The van der Waals surface area contributed by atoms with Crippen LogP contribution in [0.3, 0.4) is 0 Å². The van der Waals surface area contributed by atoms with Gasteiger partial charge in [-0.2, -0.15) is 0 Å². The fourth-order valence-electron chi connectivity index (χ4n) is 3.04. The minimum Gasteiger partial charge on any atom is -0.497 e. The quantitative estimate of drug-likeness (QED) is 0.165. The molecule has 0 radical (unpaired) electrons. The van der Waals surface area contributed by atoms with Crippen LogP contribution in [0.2, 0.25) is 0 Å². The SMILES string of the molecule is COc1ccc(Cc2nnc(SCCCn3c(=O)oc4ccc([N+](=O)[O-])cc43)o2)cc1. The van der Waals surface area contributed by atoms with Crippen molar-refractivity contribution in [2.75, 3.05) is 12.9 Å². The van der Waals surface area contributed by atoms with Crippen LogP contribution in [0, 0.1) is 10.1 Å². The first-order chi connectivity index (χ1) is 15.0. The zero-order chi connectivity index (χ0) is 21.8. The first-order valence-corrected chi connectivity index (χ1v) is 10.4. The highest BCUT2D eigenvalue weighted by Crippen LogP contribution is 2.22. The Bertz CT molecular complexity index is 1260. The molecule has 0 fully saturated rings. The number of oxazole rings is 1. The van der Waals surface area contributed by atoms with Crippen LogP contribution in [0.5, 0.6) is 5.75 Å². The molecular weight excluding hydrogens is 424 g/mol. The molecule has 0 spiro atoms. The van der Waals surface area contributed by atoms with E-state index in [9.17, 15) is 14.9 Å². The van der Waals surface area contributed by atoms with Gasteiger partial charge in [-0.15, -0.1) is 10.2 Å². The molecule has 4 rings (SSSR count). The number of methoxy groups -OCH3 is 1. The largest absolute Gasteiger partial charge is 0.497 e. The Hall–Kier alpha value is -3.60. The van der Waals surface area contributed by atoms with E-state index in [-0.39, 0.29) is 5.69 Å². The van der Waals surface area contributed by atoms with Crippen molar-refractivity contribution in [2.24, 2.45) is 0 Å². The van der Waals surface area contributed by atoms with Crippen molar-refractivity contribution < 1.29 is 18.5 Å². The van der Waals surface area contributed by atoms with Gasteiger partial charge in [0, 0.05) is 24.4 Å². The Morgan fingerprint density at radius 2 is 1.97 bits per heavy atom. The summed E-state index contributed by atoms with van der Waals surface area (Å²) in [5.74, 6) is 1.37. The fraction of sp³-hybridized carbons (Fsp3) is 0.250. The van der Waals surface area contributed by atoms with E-state index in [1.165, 1.54) is 34.5 Å². The third kappa shape index (κ3) is 4.77. The number of aryl methyl sites for hydroxylation is 1. The second kappa shape index (κ2) is 9.04. The number of nitro groups is 1. The molecule has 0 amide bonds. The Morgan fingerprint density at radius 3 is 2.71 bits per heavy atom. The van der Waals surface area contributed by atoms with E-state index in [1.54, 1.807) is 7.11 Å². The number of nitrogens with zero attached hydrogens (tertiary/aromatic N) is 4. The van der Waals surface area contributed by atoms with Crippen molar-refractivity contribution >= 4 is 28.5 Å². The molecule has 0 saturated heterocycles. The maximum Gasteiger partial charge on any atom is 0.419 e. The Labute approximate surface area is 180 Å². The molecular formula is C20H18N4O6S. The summed E-state index contributed by atoms with van der Waals surface area (Å²) >= 11 is 1.38. The monoisotopic (exact) mass is 442 g/mol. The maximum absolute atomic E-state index is 12.1. The fourth-order valence-corrected chi connectivity index (χ4v) is 3.75. The van der Waals surface area contributed by atoms with Crippen molar-refractivity contribution in [3.05, 3.63) is 74.6 Å². The van der Waals surface area contributed by atoms with Gasteiger partial charge in [-0.3, -0.25) is 14.7 Å². The lowest BCUT2D eigenvalue weighted by Gasteiger charge is -2.01. The number of benzene rings is 2. The summed E-state index contributed by atoms with van der Waals surface area (Å²) in [7, 11) is 1.62. The zero-order valence-electron chi connectivity index (χ0n) is 16.5. The van der Waals surface area contributed by atoms with Gasteiger partial charge in [0.15, 0.2) is 5.58 Å². The molecule has 0 aliphatic rings. The number of rotatable bonds is 9. The van der Waals surface area contributed by atoms with E-state index in [1.807, 2.05) is 24.3 Å². The molecule has 0 unspecified atom stereocenters. The van der Waals surface area contributed by atoms with Gasteiger partial charge in [0.05, 0.1) is 24.0 Å². The van der Waals surface area contributed by atoms with Crippen molar-refractivity contribution in [3.8, 4) is 5.75 Å². The van der Waals surface area contributed by atoms with Gasteiger partial charge in [0.1, 0.15) is 5.75 Å². The Kier molecular flexibility index (Phi) is 6.03. The van der Waals surface area contributed by atoms with Crippen molar-refractivity contribution in [2.45, 2.75) is 24.6 Å². The van der Waals surface area contributed by atoms with Crippen molar-refractivity contribution in [1.82, 2.24) is 14.8 Å². The van der Waals surface area contributed by atoms with Crippen molar-refractivity contribution in [1.29, 1.82) is 0 Å². The molecule has 4 aromatic rings. The molecule has 2 aromatic carbocycles. The molecule has 11 heteroatoms. The molecule has 160 valence electrons. The number of hydrogen-bond donors (Lipinski definition) is 0. The lowest BCUT2D eigenvalue weighted by atomic mass is 10.1. The minimum atomic E-state index is -0.542. The van der Waals surface area contributed by atoms with Crippen LogP contribution in [0.25, 0.3) is 11.1 Å². The number of ether oxygens (including phenoxy) is 1. The van der Waals surface area contributed by atoms with E-state index in [2.05, 4.69) is 10.2 Å². The summed E-state index contributed by atoms with van der Waals surface area (Å²) < 4.78 is 17.4. The normalized spacial score (nSPS) is 11.1. The molecule has 0 aliphatic carbocycles. The summed E-state index contributed by atoms with van der Waals surface area (Å²) in [5.41, 5.74) is 1.67. The average molecular weight is 442 g/mol. The first kappa shape index (κ1) is 20.7. The van der Waals surface area contributed by atoms with Crippen LogP contribution < -0.4 is 10.5 Å². The number of non-ortho nitro benzene ring substituents is 1. The Balaban J connectivity index is 1.33. The molecule has 31 heavy (non-hydrogen) atoms. The highest BCUT2D eigenvalue weighted by Gasteiger charge is 2.14. The molecule has 10 nitrogen and oxygen atoms in total. The topological polar surface area (TPSA) is 126 Å². The lowest BCUT2D eigenvalue weighted by Crippen LogP contribution is -2.14. The average Bonchev–Trinajstić information content (AvgIpc) is 3.34. The van der Waals surface area contributed by atoms with Gasteiger partial charge in [0.2, 0.25) is 5.89 Å². The molecule has 0 atom stereocenters. The predicted molar refractivity (Wildman–Crippen MR) is 113 cm³/mol. The number of thioether (sulfide) groups is 1. The highest BCUT2D eigenvalue weighted by atomic mass is 32.2. The van der Waals surface area contributed by atoms with Crippen molar-refractivity contribution in [3.63, 3.8) is 0 Å². The second-order valence-electron chi connectivity index (χ2n) is 6.62. The van der Waals surface area contributed by atoms with Crippen LogP contribution in [-0.2, 0) is 13.0 Å². The van der Waals surface area contributed by atoms with Crippen LogP contribution >= 0.6 is 11.8 Å². The standard InChI is InChI=1S/C20H18N4O6S/c1-28-15-6-3-13(4-7-15)11-18-21-22-19(30-18)31-10-2-9-23-16-12-14(24(26)27)5-8-17(16)29-20(23)25/h3-8,12H,2,9-11H2,1H3. The van der Waals surface area contributed by atoms with Crippen LogP contribution in [0.15, 0.2) is 61.3 Å². The highest BCUT2D eigenvalue weighted by molar-refractivity contribution is 7.99. The predicted octanol–water partition coefficient (Wildman–Crippen LogP) is 3.67. The van der Waals surface area contributed by atoms with E-state index in [0.29, 0.717) is 47.4 Å². The van der Waals surface area contributed by atoms with Crippen LogP contribution in [0.4, 0.5) is 5.69 Å². The van der Waals surface area contributed by atoms with Gasteiger partial charge < -0.3 is 13.6 Å². The van der Waals surface area contributed by atoms with Gasteiger partial charge in [-0.25, -0.2) is 4.79 Å². The maximum atomic E-state index is 12.1. The first-order valence-electron chi connectivity index (χ1n) is 9.39. The van der Waals surface area contributed by atoms with Gasteiger partial charge in [0.25, 0.3) is 10.9 Å². The zero-order valence-corrected chi connectivity index (χ0v) is 17.3. The molecule has 0 saturated carbocycles. The van der Waals surface area contributed by atoms with Gasteiger partial charge in [-0.1, -0.05) is 23.9 Å². The van der Waals surface area contributed by atoms with E-state index in [4.69, 9.17) is 13.6 Å². The minimum absolute atomic E-state index is 0.0910. The molecule has 2 heterocycles. The van der Waals surface area contributed by atoms with Gasteiger partial charge >= 0.3 is 5.76 Å². The summed E-state index contributed by atoms with van der Waals surface area (Å²) in [6, 6.07) is 11.7. The Morgan fingerprint density at radius 1 is 1.16 bits per heavy atom. The lowest BCUT2D eigenvalue weighted by molar-refractivity contribution is -0.384. The number of nitro benzene ring substituents is 1. The molecule has 2 aromatic heterocycles. The molecule has 0 N–H and O–H groups in total. The third-order valence-electron chi connectivity index (χ3n) is 4.58. The smallest absolute Gasteiger partial charge is 0.419 e. The van der Waals surface area contributed by atoms with E-state index >= 15 is 0 Å². The van der Waals surface area contributed by atoms with Crippen LogP contribution in [0.1, 0.15) is 17.9 Å². The number of hydrogen-bond acceptors (Lipinski definition) is 9. The van der Waals surface area contributed by atoms with Crippen LogP contribution in [-0.4, -0.2) is 32.6 Å². The summed E-state index contributed by atoms with van der Waals surface area (Å²) in [6.45, 7) is 0.354. The second-order valence-corrected chi connectivity index (χ2v) is 7.66.